The van der Waals surface area contributed by atoms with Crippen LogP contribution in [0.1, 0.15) is 5.56 Å². The number of nitrogens with zero attached hydrogens (tertiary/aromatic N) is 1. The topological polar surface area (TPSA) is 37.4 Å². The van der Waals surface area contributed by atoms with E-state index in [0.29, 0.717) is 6.42 Å². The number of benzene rings is 1. The summed E-state index contributed by atoms with van der Waals surface area (Å²) in [7, 11) is -1.47. The maximum absolute atomic E-state index is 11.5. The van der Waals surface area contributed by atoms with Gasteiger partial charge in [0.2, 0.25) is 10.0 Å². The van der Waals surface area contributed by atoms with Crippen molar-refractivity contribution in [2.75, 3.05) is 17.1 Å². The number of halogens is 1. The summed E-state index contributed by atoms with van der Waals surface area (Å²) in [6, 6.07) is 5.66. The lowest BCUT2D eigenvalue weighted by Gasteiger charge is -2.27. The van der Waals surface area contributed by atoms with Crippen LogP contribution in [0.5, 0.6) is 0 Å². The minimum atomic E-state index is -3.07. The molecule has 3 nitrogen and oxygen atoms in total. The van der Waals surface area contributed by atoms with Gasteiger partial charge in [-0.3, -0.25) is 4.31 Å². The third-order valence-corrected chi connectivity index (χ3v) is 4.67. The van der Waals surface area contributed by atoms with Gasteiger partial charge in [-0.05, 0) is 30.2 Å². The minimum absolute atomic E-state index is 0.201. The first kappa shape index (κ1) is 9.98. The van der Waals surface area contributed by atoms with Crippen LogP contribution in [0.2, 0.25) is 0 Å². The van der Waals surface area contributed by atoms with Gasteiger partial charge in [0, 0.05) is 11.5 Å². The normalized spacial score (nSPS) is 19.1. The highest BCUT2D eigenvalue weighted by molar-refractivity contribution is 9.10. The highest BCUT2D eigenvalue weighted by Gasteiger charge is 2.26. The fraction of sp³-hybridized carbons (Fsp3) is 0.333. The number of hydrogen-bond acceptors (Lipinski definition) is 2. The zero-order valence-corrected chi connectivity index (χ0v) is 10.1. The van der Waals surface area contributed by atoms with Crippen molar-refractivity contribution in [2.24, 2.45) is 0 Å². The van der Waals surface area contributed by atoms with Crippen molar-refractivity contribution in [2.45, 2.75) is 6.42 Å². The molecule has 0 fully saturated rings. The summed E-state index contributed by atoms with van der Waals surface area (Å²) in [4.78, 5) is 0. The average molecular weight is 276 g/mol. The highest BCUT2D eigenvalue weighted by atomic mass is 79.9. The molecule has 76 valence electrons. The third kappa shape index (κ3) is 1.54. The molecule has 0 aromatic heterocycles. The maximum atomic E-state index is 11.5. The summed E-state index contributed by atoms with van der Waals surface area (Å²) in [5, 5.41) is 0. The molecule has 0 spiro atoms. The number of sulfonamides is 1. The second kappa shape index (κ2) is 3.24. The Morgan fingerprint density at radius 1 is 1.43 bits per heavy atom. The Labute approximate surface area is 91.9 Å². The van der Waals surface area contributed by atoms with Crippen LogP contribution in [-0.4, -0.2) is 21.2 Å². The third-order valence-electron chi connectivity index (χ3n) is 2.43. The second-order valence-electron chi connectivity index (χ2n) is 3.31. The van der Waals surface area contributed by atoms with Crippen LogP contribution in [0.25, 0.3) is 0 Å². The van der Waals surface area contributed by atoms with Crippen molar-refractivity contribution < 1.29 is 8.42 Å². The van der Waals surface area contributed by atoms with E-state index in [2.05, 4.69) is 15.9 Å². The lowest BCUT2D eigenvalue weighted by molar-refractivity contribution is 0.591. The summed E-state index contributed by atoms with van der Waals surface area (Å²) in [5.41, 5.74) is 1.87. The van der Waals surface area contributed by atoms with Crippen LogP contribution in [0.15, 0.2) is 22.7 Å². The number of rotatable bonds is 0. The quantitative estimate of drug-likeness (QED) is 0.724. The summed E-state index contributed by atoms with van der Waals surface area (Å²) in [5.74, 6) is 0.201. The van der Waals surface area contributed by atoms with Gasteiger partial charge in [0.25, 0.3) is 0 Å². The largest absolute Gasteiger partial charge is 0.273 e. The molecule has 1 aromatic carbocycles. The molecule has 0 N–H and O–H groups in total. The van der Waals surface area contributed by atoms with Crippen LogP contribution in [0.4, 0.5) is 5.69 Å². The predicted octanol–water partition coefficient (Wildman–Crippen LogP) is 1.77. The van der Waals surface area contributed by atoms with E-state index in [4.69, 9.17) is 0 Å². The smallest absolute Gasteiger partial charge is 0.235 e. The molecular formula is C9H10BrNO2S. The first-order valence-corrected chi connectivity index (χ1v) is 6.66. The van der Waals surface area contributed by atoms with E-state index >= 15 is 0 Å². The van der Waals surface area contributed by atoms with Crippen LogP contribution in [-0.2, 0) is 16.4 Å². The molecule has 0 unspecified atom stereocenters. The van der Waals surface area contributed by atoms with Crippen LogP contribution < -0.4 is 4.31 Å². The van der Waals surface area contributed by atoms with E-state index in [-0.39, 0.29) is 5.75 Å². The van der Waals surface area contributed by atoms with Crippen LogP contribution in [0.3, 0.4) is 0 Å². The molecule has 1 aliphatic rings. The van der Waals surface area contributed by atoms with Gasteiger partial charge >= 0.3 is 0 Å². The zero-order valence-electron chi connectivity index (χ0n) is 7.70. The Morgan fingerprint density at radius 2 is 2.14 bits per heavy atom. The van der Waals surface area contributed by atoms with Gasteiger partial charge in [0.1, 0.15) is 0 Å². The van der Waals surface area contributed by atoms with Gasteiger partial charge in [-0.2, -0.15) is 0 Å². The molecule has 0 saturated carbocycles. The number of hydrogen-bond donors (Lipinski definition) is 0. The molecule has 14 heavy (non-hydrogen) atoms. The lowest BCUT2D eigenvalue weighted by atomic mass is 10.1. The molecule has 0 aliphatic carbocycles. The van der Waals surface area contributed by atoms with Crippen LogP contribution >= 0.6 is 15.9 Å². The van der Waals surface area contributed by atoms with E-state index < -0.39 is 10.0 Å². The first-order chi connectivity index (χ1) is 6.50. The van der Waals surface area contributed by atoms with Gasteiger partial charge in [-0.1, -0.05) is 15.9 Å². The van der Waals surface area contributed by atoms with Gasteiger partial charge in [-0.15, -0.1) is 0 Å². The van der Waals surface area contributed by atoms with E-state index in [0.717, 1.165) is 15.7 Å². The van der Waals surface area contributed by atoms with Crippen molar-refractivity contribution >= 4 is 31.6 Å². The number of aryl methyl sites for hydroxylation is 1. The summed E-state index contributed by atoms with van der Waals surface area (Å²) < 4.78 is 25.4. The van der Waals surface area contributed by atoms with E-state index in [9.17, 15) is 8.42 Å². The number of fused-ring (bicyclic) bond motifs is 1. The molecular weight excluding hydrogens is 266 g/mol. The van der Waals surface area contributed by atoms with E-state index in [1.807, 2.05) is 18.2 Å². The molecule has 1 aliphatic heterocycles. The van der Waals surface area contributed by atoms with Crippen molar-refractivity contribution in [1.82, 2.24) is 0 Å². The van der Waals surface area contributed by atoms with Gasteiger partial charge in [0.05, 0.1) is 11.4 Å². The van der Waals surface area contributed by atoms with E-state index in [1.165, 1.54) is 4.31 Å². The molecule has 0 bridgehead atoms. The average Bonchev–Trinajstić information content (AvgIpc) is 2.12. The second-order valence-corrected chi connectivity index (χ2v) is 6.34. The fourth-order valence-corrected chi connectivity index (χ4v) is 3.23. The van der Waals surface area contributed by atoms with Crippen LogP contribution in [0, 0.1) is 0 Å². The monoisotopic (exact) mass is 275 g/mol. The number of anilines is 1. The molecule has 0 saturated heterocycles. The van der Waals surface area contributed by atoms with E-state index in [1.54, 1.807) is 7.05 Å². The Bertz CT molecular complexity index is 470. The van der Waals surface area contributed by atoms with Crippen molar-refractivity contribution in [3.05, 3.63) is 28.2 Å². The lowest BCUT2D eigenvalue weighted by Crippen LogP contribution is -2.34. The summed E-state index contributed by atoms with van der Waals surface area (Å²) >= 11 is 3.37. The molecule has 0 radical (unpaired) electrons. The Balaban J connectivity index is 2.57. The molecule has 1 aromatic rings. The molecule has 0 amide bonds. The van der Waals surface area contributed by atoms with Crippen molar-refractivity contribution in [3.63, 3.8) is 0 Å². The molecule has 0 atom stereocenters. The highest BCUT2D eigenvalue weighted by Crippen LogP contribution is 2.30. The van der Waals surface area contributed by atoms with Crippen molar-refractivity contribution in [3.8, 4) is 0 Å². The molecule has 1 heterocycles. The van der Waals surface area contributed by atoms with Gasteiger partial charge in [-0.25, -0.2) is 8.42 Å². The summed E-state index contributed by atoms with van der Waals surface area (Å²) in [6.45, 7) is 0. The van der Waals surface area contributed by atoms with Gasteiger partial charge in [0.15, 0.2) is 0 Å². The maximum Gasteiger partial charge on any atom is 0.235 e. The summed E-state index contributed by atoms with van der Waals surface area (Å²) in [6.07, 6.45) is 0.599. The van der Waals surface area contributed by atoms with Crippen molar-refractivity contribution in [1.29, 1.82) is 0 Å². The standard InChI is InChI=1S/C9H10BrNO2S/c1-11-9-3-2-8(10)6-7(9)4-5-14(11,12)13/h2-3,6H,4-5H2,1H3. The Hall–Kier alpha value is -0.550. The van der Waals surface area contributed by atoms with Gasteiger partial charge < -0.3 is 0 Å². The SMILES string of the molecule is CN1c2ccc(Br)cc2CCS1(=O)=O. The molecule has 2 rings (SSSR count). The fourth-order valence-electron chi connectivity index (χ4n) is 1.59. The Kier molecular flexibility index (Phi) is 2.31. The predicted molar refractivity (Wildman–Crippen MR) is 60.0 cm³/mol. The Morgan fingerprint density at radius 3 is 2.86 bits per heavy atom. The first-order valence-electron chi connectivity index (χ1n) is 4.26. The zero-order chi connectivity index (χ0) is 10.3. The minimum Gasteiger partial charge on any atom is -0.273 e. The molecule has 5 heteroatoms.